The lowest BCUT2D eigenvalue weighted by Crippen LogP contribution is -2.36. The van der Waals surface area contributed by atoms with Crippen LogP contribution in [0.2, 0.25) is 30.5 Å². The fraction of sp³-hybridized carbons (Fsp3) is 0.171. The Kier molecular flexibility index (Phi) is 33.6. The van der Waals surface area contributed by atoms with Gasteiger partial charge in [0.1, 0.15) is 104 Å². The van der Waals surface area contributed by atoms with Crippen LogP contribution in [0.25, 0.3) is 44.1 Å². The number of aromatic nitrogens is 12. The molecule has 0 bridgehead atoms. The highest BCUT2D eigenvalue weighted by atomic mass is 127. The van der Waals surface area contributed by atoms with Crippen molar-refractivity contribution in [1.82, 2.24) is 66.0 Å². The number of hydrogen-bond donors (Lipinski definition) is 8. The largest absolute Gasteiger partial charge is 0.457 e. The van der Waals surface area contributed by atoms with Crippen LogP contribution in [0, 0.1) is 6.92 Å². The number of fused-ring (bicyclic) bond motifs is 4. The summed E-state index contributed by atoms with van der Waals surface area (Å²) in [6, 6.07) is 45.8. The number of carbonyl (C=O) groups is 2. The minimum absolute atomic E-state index is 0. The van der Waals surface area contributed by atoms with Gasteiger partial charge < -0.3 is 65.3 Å². The Hall–Kier alpha value is -9.53. The second-order valence-electron chi connectivity index (χ2n) is 23.1. The average molecular weight is 1770 g/mol. The third-order valence-corrected chi connectivity index (χ3v) is 18.4. The summed E-state index contributed by atoms with van der Waals surface area (Å²) in [7, 11) is 0. The lowest BCUT2D eigenvalue weighted by Gasteiger charge is -2.29. The summed E-state index contributed by atoms with van der Waals surface area (Å²) in [5.41, 5.74) is 5.09. The number of aryl methyl sites for hydroxylation is 1. The van der Waals surface area contributed by atoms with E-state index in [1.54, 1.807) is 61.2 Å². The maximum Gasteiger partial charge on any atom is 0.373 e. The van der Waals surface area contributed by atoms with E-state index in [9.17, 15) is 14.7 Å². The molecule has 0 saturated carbocycles. The molecule has 109 heavy (non-hydrogen) atoms. The molecule has 0 unspecified atom stereocenters. The molecule has 564 valence electrons. The first-order valence-corrected chi connectivity index (χ1v) is 35.8. The second kappa shape index (κ2) is 43.0. The van der Waals surface area contributed by atoms with Crippen LogP contribution in [0.3, 0.4) is 0 Å². The summed E-state index contributed by atoms with van der Waals surface area (Å²) in [6.07, 6.45) is 17.6. The molecular weight excluding hydrogens is 1700 g/mol. The maximum atomic E-state index is 13.5. The molecule has 8 aromatic heterocycles. The van der Waals surface area contributed by atoms with E-state index in [0.29, 0.717) is 90.0 Å². The van der Waals surface area contributed by atoms with Crippen molar-refractivity contribution < 1.29 is 53.1 Å². The molecule has 10 N–H and O–H groups in total. The van der Waals surface area contributed by atoms with Crippen molar-refractivity contribution in [3.05, 3.63) is 265 Å². The molecule has 0 amide bonds. The fourth-order valence-corrected chi connectivity index (χ4v) is 12.5. The van der Waals surface area contributed by atoms with Crippen molar-refractivity contribution in [3.63, 3.8) is 0 Å². The molecule has 14 aromatic rings. The molecule has 16 rings (SSSR count). The number of aliphatic hydroxyl groups is 2. The first kappa shape index (κ1) is 85.1. The van der Waals surface area contributed by atoms with Crippen LogP contribution in [-0.2, 0) is 19.1 Å². The van der Waals surface area contributed by atoms with E-state index >= 15 is 0 Å². The van der Waals surface area contributed by atoms with Crippen molar-refractivity contribution in [1.29, 1.82) is 0 Å². The van der Waals surface area contributed by atoms with Gasteiger partial charge in [0.25, 0.3) is 0 Å². The van der Waals surface area contributed by atoms with Gasteiger partial charge in [-0.3, -0.25) is 9.59 Å². The predicted molar refractivity (Wildman–Crippen MR) is 433 cm³/mol. The zero-order valence-electron chi connectivity index (χ0n) is 57.6. The highest BCUT2D eigenvalue weighted by Crippen LogP contribution is 2.35. The molecule has 0 radical (unpaired) electrons. The predicted octanol–water partition coefficient (Wildman–Crippen LogP) is 19.0. The third-order valence-electron chi connectivity index (χ3n) is 15.9. The minimum atomic E-state index is -0.274. The van der Waals surface area contributed by atoms with Gasteiger partial charge in [-0.15, -0.1) is 24.0 Å². The number of H-pyrrole nitrogens is 4. The number of para-hydroxylation sites is 3. The van der Waals surface area contributed by atoms with Gasteiger partial charge in [-0.2, -0.15) is 9.59 Å². The van der Waals surface area contributed by atoms with Crippen LogP contribution in [-0.4, -0.2) is 132 Å². The number of ketones is 2. The third kappa shape index (κ3) is 23.7. The van der Waals surface area contributed by atoms with Gasteiger partial charge in [-0.1, -0.05) is 130 Å². The molecule has 2 aliphatic rings. The van der Waals surface area contributed by atoms with E-state index in [1.165, 1.54) is 31.7 Å². The summed E-state index contributed by atoms with van der Waals surface area (Å²) in [5.74, 6) is 4.04. The van der Waals surface area contributed by atoms with Gasteiger partial charge in [-0.05, 0) is 139 Å². The zero-order chi connectivity index (χ0) is 75.6. The molecule has 10 heterocycles. The zero-order valence-corrected chi connectivity index (χ0v) is 66.0. The number of nitrogens with one attached hydrogen (secondary N) is 5. The van der Waals surface area contributed by atoms with Gasteiger partial charge in [0.05, 0.1) is 80.8 Å². The first-order valence-electron chi connectivity index (χ1n) is 32.7. The number of anilines is 1. The lowest BCUT2D eigenvalue weighted by atomic mass is 10.0. The van der Waals surface area contributed by atoms with Crippen LogP contribution in [0.15, 0.2) is 206 Å². The SMILES string of the molecule is Cc1ccc(Oc2ccccc2)cc1Cl.Clc1ncnc2[nH]cc(Br)c12.Clc1ncnc2[nH]ccc12.I.N.O=C(c1ccc(Oc2ccccc2)cc1Cl)c1c[nH]c2ncnc(Cl)c12.O=C(c1ccc(Oc2ccccc2)cc1Cl)c1c[nH]c2ncnc(N[C@@H]3CC[C@@H](CO)OC3)c12.O=C=O.OC[C@@H]1CCCCO1. The Bertz CT molecular complexity index is 5290. The number of aromatic amines is 4. The summed E-state index contributed by atoms with van der Waals surface area (Å²) in [4.78, 5) is 86.7. The Morgan fingerprint density at radius 2 is 0.954 bits per heavy atom. The van der Waals surface area contributed by atoms with Crippen molar-refractivity contribution in [2.75, 3.05) is 31.7 Å². The molecule has 2 aliphatic heterocycles. The fourth-order valence-electron chi connectivity index (χ4n) is 10.6. The number of ether oxygens (including phenoxy) is 5. The number of hydrogen-bond acceptors (Lipinski definition) is 21. The Labute approximate surface area is 678 Å². The van der Waals surface area contributed by atoms with Crippen LogP contribution < -0.4 is 25.7 Å². The van der Waals surface area contributed by atoms with Gasteiger partial charge >= 0.3 is 6.15 Å². The molecule has 2 saturated heterocycles. The Morgan fingerprint density at radius 3 is 1.41 bits per heavy atom. The van der Waals surface area contributed by atoms with E-state index in [4.69, 9.17) is 108 Å². The number of carbonyl (C=O) groups excluding carboxylic acids is 4. The molecule has 0 aliphatic carbocycles. The van der Waals surface area contributed by atoms with Crippen LogP contribution in [0.4, 0.5) is 5.82 Å². The molecule has 25 nitrogen and oxygen atoms in total. The molecule has 33 heteroatoms. The summed E-state index contributed by atoms with van der Waals surface area (Å²) >= 11 is 39.8. The van der Waals surface area contributed by atoms with E-state index in [2.05, 4.69) is 81.1 Å². The number of benzene rings is 6. The number of rotatable bonds is 14. The van der Waals surface area contributed by atoms with Crippen molar-refractivity contribution in [2.24, 2.45) is 0 Å². The quantitative estimate of drug-likeness (QED) is 0.0285. The highest BCUT2D eigenvalue weighted by molar-refractivity contribution is 14.0. The van der Waals surface area contributed by atoms with Crippen LogP contribution >= 0.6 is 110 Å². The van der Waals surface area contributed by atoms with E-state index in [0.717, 1.165) is 80.9 Å². The number of nitrogens with zero attached hydrogens (tertiary/aromatic N) is 8. The van der Waals surface area contributed by atoms with Gasteiger partial charge in [0.2, 0.25) is 0 Å². The molecular formula is C76H68BrCl6IN14O11. The molecule has 3 atom stereocenters. The van der Waals surface area contributed by atoms with Crippen molar-refractivity contribution in [3.8, 4) is 34.5 Å². The van der Waals surface area contributed by atoms with Gasteiger partial charge in [0, 0.05) is 64.1 Å². The maximum absolute atomic E-state index is 13.5. The van der Waals surface area contributed by atoms with E-state index < -0.39 is 0 Å². The Balaban J connectivity index is 0.000000175. The smallest absolute Gasteiger partial charge is 0.373 e. The number of aliphatic hydroxyl groups excluding tert-OH is 2. The monoisotopic (exact) mass is 1770 g/mol. The summed E-state index contributed by atoms with van der Waals surface area (Å²) < 4.78 is 28.9. The van der Waals surface area contributed by atoms with Crippen LogP contribution in [0.5, 0.6) is 34.5 Å². The molecule has 2 fully saturated rings. The normalized spacial score (nSPS) is 13.9. The standard InChI is InChI=1S/C25H23ClN4O4.C19H11Cl2N3O2.C13H11ClO.C6H3BrClN3.C6H4ClN3.C6H12O2.CO2.HI.H3N/c26-21-10-17(34-16-4-2-1-3-5-16)8-9-19(21)23(32)20-11-27-24-22(20)25(29-14-28-24)30-15-6-7-18(12-31)33-13-15;20-15-8-12(26-11-4-2-1-3-5-11)6-7-13(15)17(25)14-9-22-19-16(14)18(21)23-10-24-19;1-10-7-8-12(9-13(10)14)15-11-5-3-2-4-6-11;7-3-1-9-6-4(3)5(8)10-2-11-6;7-5-4-1-2-8-6(4)10-3-9-5;7-5-6-3-1-2-4-8-6;2-1-3;;/h1-5,8-11,14-15,18,31H,6-7,12-13H2,(H2,27,28,29,30);1-10H,(H,22,23,24);2-9H,1H3;1-2H,(H,9,10,11);1-3H,(H,8,9,10);6-7H,1-5H2;;1H;1H3/t15-,18+;;;;;6-;;;/m1....0.../s1. The van der Waals surface area contributed by atoms with Crippen molar-refractivity contribution in [2.45, 2.75) is 57.3 Å². The Morgan fingerprint density at radius 1 is 0.505 bits per heavy atom. The first-order chi connectivity index (χ1) is 52.0. The van der Waals surface area contributed by atoms with E-state index in [-0.39, 0.29) is 94.5 Å². The lowest BCUT2D eigenvalue weighted by molar-refractivity contribution is -0.191. The highest BCUT2D eigenvalue weighted by Gasteiger charge is 2.26. The van der Waals surface area contributed by atoms with Crippen LogP contribution in [0.1, 0.15) is 69.5 Å². The topological polar surface area (TPSA) is 368 Å². The summed E-state index contributed by atoms with van der Waals surface area (Å²) in [6.45, 7) is 3.45. The summed E-state index contributed by atoms with van der Waals surface area (Å²) in [5, 5.41) is 26.4. The molecule has 6 aromatic carbocycles. The average Bonchev–Trinajstić information content (AvgIpc) is 1.67. The second-order valence-corrected chi connectivity index (χ2v) is 26.2. The van der Waals surface area contributed by atoms with Gasteiger partial charge in [-0.25, -0.2) is 39.9 Å². The van der Waals surface area contributed by atoms with Crippen molar-refractivity contribution >= 4 is 177 Å². The number of halogens is 8. The van der Waals surface area contributed by atoms with Gasteiger partial charge in [0.15, 0.2) is 11.6 Å². The molecule has 0 spiro atoms. The van der Waals surface area contributed by atoms with E-state index in [1.807, 2.05) is 122 Å². The minimum Gasteiger partial charge on any atom is -0.457 e.